The van der Waals surface area contributed by atoms with E-state index in [1.165, 1.54) is 0 Å². The molecule has 1 aromatic rings. The molecule has 0 radical (unpaired) electrons. The van der Waals surface area contributed by atoms with E-state index in [-0.39, 0.29) is 6.42 Å². The Hall–Kier alpha value is -1.36. The number of rotatable bonds is 3. The zero-order chi connectivity index (χ0) is 12.6. The van der Waals surface area contributed by atoms with Crippen molar-refractivity contribution in [2.75, 3.05) is 20.1 Å². The van der Waals surface area contributed by atoms with Crippen LogP contribution in [0.5, 0.6) is 0 Å². The van der Waals surface area contributed by atoms with E-state index >= 15 is 0 Å². The van der Waals surface area contributed by atoms with Crippen LogP contribution >= 0.6 is 0 Å². The van der Waals surface area contributed by atoms with Gasteiger partial charge in [0.05, 0.1) is 18.2 Å². The number of carboxylic acid groups (broad SMARTS) is 1. The van der Waals surface area contributed by atoms with Gasteiger partial charge >= 0.3 is 5.97 Å². The molecule has 2 heterocycles. The fraction of sp³-hybridized carbons (Fsp3) is 0.667. The zero-order valence-electron chi connectivity index (χ0n) is 10.6. The molecule has 0 saturated carbocycles. The summed E-state index contributed by atoms with van der Waals surface area (Å²) in [6, 6.07) is 0.390. The van der Waals surface area contributed by atoms with Crippen LogP contribution in [-0.2, 0) is 11.2 Å². The monoisotopic (exact) mass is 237 g/mol. The molecule has 0 bridgehead atoms. The average molecular weight is 237 g/mol. The molecule has 1 fully saturated rings. The molecule has 1 aliphatic heterocycles. The van der Waals surface area contributed by atoms with E-state index in [0.717, 1.165) is 36.5 Å². The molecule has 0 spiro atoms. The summed E-state index contributed by atoms with van der Waals surface area (Å²) < 4.78 is 2.01. The van der Waals surface area contributed by atoms with Crippen LogP contribution in [0.2, 0.25) is 0 Å². The van der Waals surface area contributed by atoms with Crippen molar-refractivity contribution in [2.45, 2.75) is 32.7 Å². The lowest BCUT2D eigenvalue weighted by atomic mass is 10.1. The van der Waals surface area contributed by atoms with E-state index in [9.17, 15) is 4.79 Å². The van der Waals surface area contributed by atoms with Gasteiger partial charge in [-0.1, -0.05) is 0 Å². The number of likely N-dealkylation sites (N-methyl/N-ethyl adjacent to an activating group) is 1. The van der Waals surface area contributed by atoms with Gasteiger partial charge in [0.25, 0.3) is 0 Å². The molecule has 0 aromatic carbocycles. The van der Waals surface area contributed by atoms with E-state index in [1.54, 1.807) is 0 Å². The number of hydrogen-bond acceptors (Lipinski definition) is 3. The van der Waals surface area contributed by atoms with Crippen LogP contribution in [0.15, 0.2) is 0 Å². The van der Waals surface area contributed by atoms with Crippen LogP contribution in [0.1, 0.15) is 29.4 Å². The molecule has 5 nitrogen and oxygen atoms in total. The largest absolute Gasteiger partial charge is 0.481 e. The second-order valence-corrected chi connectivity index (χ2v) is 4.87. The second kappa shape index (κ2) is 4.49. The van der Waals surface area contributed by atoms with Gasteiger partial charge in [0, 0.05) is 17.8 Å². The number of aliphatic carboxylic acids is 1. The number of likely N-dealkylation sites (tertiary alicyclic amines) is 1. The Kier molecular flexibility index (Phi) is 3.19. The lowest BCUT2D eigenvalue weighted by Crippen LogP contribution is -2.18. The maximum absolute atomic E-state index is 10.8. The van der Waals surface area contributed by atoms with Crippen LogP contribution in [-0.4, -0.2) is 45.9 Å². The van der Waals surface area contributed by atoms with E-state index in [1.807, 2.05) is 18.5 Å². The SMILES string of the molecule is Cc1nn(C2CCN(C)C2)c(C)c1CC(=O)O. The van der Waals surface area contributed by atoms with Crippen molar-refractivity contribution in [3.8, 4) is 0 Å². The minimum Gasteiger partial charge on any atom is -0.481 e. The third-order valence-electron chi connectivity index (χ3n) is 3.52. The van der Waals surface area contributed by atoms with E-state index in [4.69, 9.17) is 5.11 Å². The first kappa shape index (κ1) is 12.1. The van der Waals surface area contributed by atoms with Gasteiger partial charge in [0.1, 0.15) is 0 Å². The molecule has 1 unspecified atom stereocenters. The summed E-state index contributed by atoms with van der Waals surface area (Å²) >= 11 is 0. The van der Waals surface area contributed by atoms with Gasteiger partial charge in [-0.05, 0) is 33.9 Å². The van der Waals surface area contributed by atoms with Crippen molar-refractivity contribution in [2.24, 2.45) is 0 Å². The van der Waals surface area contributed by atoms with Gasteiger partial charge in [-0.3, -0.25) is 9.48 Å². The summed E-state index contributed by atoms with van der Waals surface area (Å²) in [5.41, 5.74) is 2.72. The standard InChI is InChI=1S/C12H19N3O2/c1-8-11(6-12(16)17)9(2)15(13-8)10-4-5-14(3)7-10/h10H,4-7H2,1-3H3,(H,16,17). The molecule has 94 valence electrons. The van der Waals surface area contributed by atoms with Crippen LogP contribution in [0.25, 0.3) is 0 Å². The first-order valence-corrected chi connectivity index (χ1v) is 5.94. The highest BCUT2D eigenvalue weighted by molar-refractivity contribution is 5.70. The summed E-state index contributed by atoms with van der Waals surface area (Å²) in [6.45, 7) is 5.93. The molecule has 1 saturated heterocycles. The smallest absolute Gasteiger partial charge is 0.307 e. The fourth-order valence-corrected chi connectivity index (χ4v) is 2.57. The molecule has 1 aromatic heterocycles. The maximum Gasteiger partial charge on any atom is 0.307 e. The Morgan fingerprint density at radius 3 is 2.76 bits per heavy atom. The van der Waals surface area contributed by atoms with Gasteiger partial charge < -0.3 is 10.0 Å². The molecular weight excluding hydrogens is 218 g/mol. The summed E-state index contributed by atoms with van der Waals surface area (Å²) in [7, 11) is 2.10. The maximum atomic E-state index is 10.8. The Morgan fingerprint density at radius 1 is 1.53 bits per heavy atom. The quantitative estimate of drug-likeness (QED) is 0.852. The third-order valence-corrected chi connectivity index (χ3v) is 3.52. The van der Waals surface area contributed by atoms with E-state index < -0.39 is 5.97 Å². The van der Waals surface area contributed by atoms with Crippen molar-refractivity contribution in [3.05, 3.63) is 17.0 Å². The normalized spacial score (nSPS) is 21.0. The molecule has 1 aliphatic rings. The Balaban J connectivity index is 2.27. The lowest BCUT2D eigenvalue weighted by Gasteiger charge is -2.13. The van der Waals surface area contributed by atoms with Crippen molar-refractivity contribution in [1.29, 1.82) is 0 Å². The van der Waals surface area contributed by atoms with E-state index in [0.29, 0.717) is 6.04 Å². The zero-order valence-corrected chi connectivity index (χ0v) is 10.6. The average Bonchev–Trinajstić information content (AvgIpc) is 2.76. The number of carboxylic acids is 1. The summed E-state index contributed by atoms with van der Waals surface area (Å²) in [5.74, 6) is -0.792. The second-order valence-electron chi connectivity index (χ2n) is 4.87. The van der Waals surface area contributed by atoms with E-state index in [2.05, 4.69) is 17.0 Å². The molecular formula is C12H19N3O2. The van der Waals surface area contributed by atoms with Crippen LogP contribution in [0, 0.1) is 13.8 Å². The topological polar surface area (TPSA) is 58.4 Å². The minimum atomic E-state index is -0.792. The molecule has 17 heavy (non-hydrogen) atoms. The first-order valence-electron chi connectivity index (χ1n) is 5.94. The predicted octanol–water partition coefficient (Wildman–Crippen LogP) is 1.00. The number of aromatic nitrogens is 2. The summed E-state index contributed by atoms with van der Waals surface area (Å²) in [4.78, 5) is 13.1. The van der Waals surface area contributed by atoms with Crippen LogP contribution in [0.4, 0.5) is 0 Å². The molecule has 0 amide bonds. The molecule has 1 N–H and O–H groups in total. The van der Waals surface area contributed by atoms with Crippen molar-refractivity contribution >= 4 is 5.97 Å². The van der Waals surface area contributed by atoms with Crippen molar-refractivity contribution in [1.82, 2.24) is 14.7 Å². The molecule has 1 atom stereocenters. The number of hydrogen-bond donors (Lipinski definition) is 1. The minimum absolute atomic E-state index is 0.0697. The van der Waals surface area contributed by atoms with Crippen LogP contribution < -0.4 is 0 Å². The number of nitrogens with zero attached hydrogens (tertiary/aromatic N) is 3. The lowest BCUT2D eigenvalue weighted by molar-refractivity contribution is -0.136. The van der Waals surface area contributed by atoms with Gasteiger partial charge in [-0.15, -0.1) is 0 Å². The molecule has 2 rings (SSSR count). The highest BCUT2D eigenvalue weighted by atomic mass is 16.4. The van der Waals surface area contributed by atoms with Crippen LogP contribution in [0.3, 0.4) is 0 Å². The highest BCUT2D eigenvalue weighted by Crippen LogP contribution is 2.24. The van der Waals surface area contributed by atoms with Crippen molar-refractivity contribution in [3.63, 3.8) is 0 Å². The molecule has 5 heteroatoms. The fourth-order valence-electron chi connectivity index (χ4n) is 2.57. The van der Waals surface area contributed by atoms with Gasteiger partial charge in [-0.25, -0.2) is 0 Å². The Morgan fingerprint density at radius 2 is 2.24 bits per heavy atom. The predicted molar refractivity (Wildman–Crippen MR) is 64.2 cm³/mol. The summed E-state index contributed by atoms with van der Waals surface area (Å²) in [6.07, 6.45) is 1.16. The number of carbonyl (C=O) groups is 1. The third kappa shape index (κ3) is 2.34. The van der Waals surface area contributed by atoms with Gasteiger partial charge in [0.2, 0.25) is 0 Å². The summed E-state index contributed by atoms with van der Waals surface area (Å²) in [5, 5.41) is 13.4. The highest BCUT2D eigenvalue weighted by Gasteiger charge is 2.25. The Bertz CT molecular complexity index is 439. The van der Waals surface area contributed by atoms with Gasteiger partial charge in [-0.2, -0.15) is 5.10 Å². The van der Waals surface area contributed by atoms with Gasteiger partial charge in [0.15, 0.2) is 0 Å². The number of aryl methyl sites for hydroxylation is 1. The van der Waals surface area contributed by atoms with Crippen molar-refractivity contribution < 1.29 is 9.90 Å². The Labute approximate surface area is 101 Å². The first-order chi connectivity index (χ1) is 7.99. The molecule has 0 aliphatic carbocycles.